The lowest BCUT2D eigenvalue weighted by Crippen LogP contribution is -2.12. The Bertz CT molecular complexity index is 959. The van der Waals surface area contributed by atoms with Crippen molar-refractivity contribution in [2.75, 3.05) is 12.4 Å². The molecule has 0 unspecified atom stereocenters. The average molecular weight is 418 g/mol. The maximum absolute atomic E-state index is 12.4. The van der Waals surface area contributed by atoms with E-state index in [1.54, 1.807) is 25.3 Å². The molecule has 0 aliphatic rings. The second kappa shape index (κ2) is 7.37. The van der Waals surface area contributed by atoms with Gasteiger partial charge in [0.25, 0.3) is 5.91 Å². The summed E-state index contributed by atoms with van der Waals surface area (Å²) in [5, 5.41) is 7.31. The van der Waals surface area contributed by atoms with Crippen molar-refractivity contribution in [3.63, 3.8) is 0 Å². The van der Waals surface area contributed by atoms with Crippen molar-refractivity contribution in [2.24, 2.45) is 0 Å². The molecule has 0 saturated heterocycles. The Morgan fingerprint density at radius 2 is 2.04 bits per heavy atom. The molecule has 0 spiro atoms. The number of amides is 1. The van der Waals surface area contributed by atoms with Crippen LogP contribution in [0.4, 0.5) is 5.69 Å². The largest absolute Gasteiger partial charge is 0.497 e. The first-order chi connectivity index (χ1) is 12.4. The van der Waals surface area contributed by atoms with Crippen LogP contribution in [0.1, 0.15) is 33.3 Å². The minimum absolute atomic E-state index is 0.260. The quantitative estimate of drug-likeness (QED) is 0.664. The van der Waals surface area contributed by atoms with Crippen LogP contribution in [0, 0.1) is 20.8 Å². The fourth-order valence-electron chi connectivity index (χ4n) is 2.65. The predicted molar refractivity (Wildman–Crippen MR) is 103 cm³/mol. The number of ether oxygens (including phenoxy) is 1. The van der Waals surface area contributed by atoms with Crippen molar-refractivity contribution in [3.8, 4) is 5.75 Å². The van der Waals surface area contributed by atoms with Crippen LogP contribution in [0.5, 0.6) is 5.75 Å². The van der Waals surface area contributed by atoms with E-state index < -0.39 is 0 Å². The lowest BCUT2D eigenvalue weighted by Gasteiger charge is -2.08. The third kappa shape index (κ3) is 3.67. The monoisotopic (exact) mass is 417 g/mol. The molecule has 7 heteroatoms. The lowest BCUT2D eigenvalue weighted by atomic mass is 10.2. The average Bonchev–Trinajstić information content (AvgIpc) is 3.18. The van der Waals surface area contributed by atoms with Crippen LogP contribution in [0.3, 0.4) is 0 Å². The zero-order valence-corrected chi connectivity index (χ0v) is 16.7. The Labute approximate surface area is 160 Å². The number of hydrogen-bond donors (Lipinski definition) is 1. The number of benzene rings is 1. The molecule has 2 aromatic heterocycles. The highest BCUT2D eigenvalue weighted by molar-refractivity contribution is 9.10. The SMILES string of the molecule is COc1ccc(NC(=O)c2ccc(Cn3nc(C)c(Br)c3C)o2)c(C)c1. The number of carbonyl (C=O) groups excluding carboxylic acids is 1. The first-order valence-corrected chi connectivity index (χ1v) is 8.92. The molecule has 1 N–H and O–H groups in total. The summed E-state index contributed by atoms with van der Waals surface area (Å²) in [7, 11) is 1.61. The summed E-state index contributed by atoms with van der Waals surface area (Å²) in [5.74, 6) is 1.38. The number of anilines is 1. The molecule has 1 amide bonds. The van der Waals surface area contributed by atoms with Gasteiger partial charge >= 0.3 is 0 Å². The first-order valence-electron chi connectivity index (χ1n) is 8.13. The van der Waals surface area contributed by atoms with Gasteiger partial charge in [-0.15, -0.1) is 0 Å². The molecule has 6 nitrogen and oxygen atoms in total. The van der Waals surface area contributed by atoms with Gasteiger partial charge in [0.05, 0.1) is 29.5 Å². The summed E-state index contributed by atoms with van der Waals surface area (Å²) >= 11 is 3.51. The van der Waals surface area contributed by atoms with Crippen molar-refractivity contribution in [3.05, 3.63) is 63.3 Å². The van der Waals surface area contributed by atoms with Crippen LogP contribution in [0.25, 0.3) is 0 Å². The van der Waals surface area contributed by atoms with Gasteiger partial charge in [-0.05, 0) is 72.6 Å². The Morgan fingerprint density at radius 3 is 2.65 bits per heavy atom. The topological polar surface area (TPSA) is 69.3 Å². The second-order valence-electron chi connectivity index (χ2n) is 6.04. The molecule has 136 valence electrons. The van der Waals surface area contributed by atoms with E-state index in [2.05, 4.69) is 26.3 Å². The zero-order chi connectivity index (χ0) is 18.8. The number of aryl methyl sites for hydroxylation is 2. The molecule has 3 aromatic rings. The van der Waals surface area contributed by atoms with Crippen molar-refractivity contribution in [1.82, 2.24) is 9.78 Å². The summed E-state index contributed by atoms with van der Waals surface area (Å²) in [4.78, 5) is 12.4. The summed E-state index contributed by atoms with van der Waals surface area (Å²) in [6, 6.07) is 8.94. The van der Waals surface area contributed by atoms with Crippen LogP contribution in [-0.4, -0.2) is 22.8 Å². The molecule has 0 bridgehead atoms. The van der Waals surface area contributed by atoms with Crippen LogP contribution >= 0.6 is 15.9 Å². The molecular formula is C19H20BrN3O3. The van der Waals surface area contributed by atoms with Crippen LogP contribution < -0.4 is 10.1 Å². The van der Waals surface area contributed by atoms with Crippen LogP contribution in [0.2, 0.25) is 0 Å². The van der Waals surface area contributed by atoms with Gasteiger partial charge in [-0.3, -0.25) is 9.48 Å². The molecule has 0 aliphatic carbocycles. The minimum Gasteiger partial charge on any atom is -0.497 e. The highest BCUT2D eigenvalue weighted by atomic mass is 79.9. The summed E-state index contributed by atoms with van der Waals surface area (Å²) < 4.78 is 13.7. The molecule has 0 radical (unpaired) electrons. The van der Waals surface area contributed by atoms with Gasteiger partial charge in [0.15, 0.2) is 5.76 Å². The van der Waals surface area contributed by atoms with Gasteiger partial charge in [0, 0.05) is 5.69 Å². The van der Waals surface area contributed by atoms with Crippen LogP contribution in [-0.2, 0) is 6.54 Å². The summed E-state index contributed by atoms with van der Waals surface area (Å²) in [5.41, 5.74) is 3.56. The first kappa shape index (κ1) is 18.3. The van der Waals surface area contributed by atoms with E-state index >= 15 is 0 Å². The van der Waals surface area contributed by atoms with Gasteiger partial charge in [0.1, 0.15) is 11.5 Å². The summed E-state index contributed by atoms with van der Waals surface area (Å²) in [6.45, 7) is 6.29. The fraction of sp³-hybridized carbons (Fsp3) is 0.263. The molecule has 0 atom stereocenters. The minimum atomic E-state index is -0.293. The van der Waals surface area contributed by atoms with Gasteiger partial charge < -0.3 is 14.5 Å². The normalized spacial score (nSPS) is 10.8. The van der Waals surface area contributed by atoms with Crippen molar-refractivity contribution >= 4 is 27.5 Å². The molecule has 2 heterocycles. The summed E-state index contributed by atoms with van der Waals surface area (Å²) in [6.07, 6.45) is 0. The van der Waals surface area contributed by atoms with E-state index in [1.165, 1.54) is 0 Å². The molecule has 0 aliphatic heterocycles. The number of nitrogens with one attached hydrogen (secondary N) is 1. The molecular weight excluding hydrogens is 398 g/mol. The van der Waals surface area contributed by atoms with Gasteiger partial charge in [-0.2, -0.15) is 5.10 Å². The molecule has 26 heavy (non-hydrogen) atoms. The number of rotatable bonds is 5. The Balaban J connectivity index is 1.73. The van der Waals surface area contributed by atoms with Crippen molar-refractivity contribution in [2.45, 2.75) is 27.3 Å². The number of methoxy groups -OCH3 is 1. The maximum Gasteiger partial charge on any atom is 0.291 e. The van der Waals surface area contributed by atoms with Crippen LogP contribution in [0.15, 0.2) is 39.2 Å². The molecule has 1 aromatic carbocycles. The number of hydrogen-bond acceptors (Lipinski definition) is 4. The Hall–Kier alpha value is -2.54. The lowest BCUT2D eigenvalue weighted by molar-refractivity contribution is 0.0994. The number of nitrogens with zero attached hydrogens (tertiary/aromatic N) is 2. The van der Waals surface area contributed by atoms with Crippen molar-refractivity contribution < 1.29 is 13.9 Å². The van der Waals surface area contributed by atoms with Gasteiger partial charge in [0.2, 0.25) is 0 Å². The van der Waals surface area contributed by atoms with Gasteiger partial charge in [-0.25, -0.2) is 0 Å². The van der Waals surface area contributed by atoms with E-state index in [1.807, 2.05) is 37.6 Å². The highest BCUT2D eigenvalue weighted by Gasteiger charge is 2.15. The predicted octanol–water partition coefficient (Wildman–Crippen LogP) is 4.47. The van der Waals surface area contributed by atoms with E-state index in [9.17, 15) is 4.79 Å². The van der Waals surface area contributed by atoms with E-state index in [4.69, 9.17) is 9.15 Å². The van der Waals surface area contributed by atoms with E-state index in [0.717, 1.165) is 32.9 Å². The third-order valence-electron chi connectivity index (χ3n) is 4.17. The third-order valence-corrected chi connectivity index (χ3v) is 5.31. The number of furan rings is 1. The highest BCUT2D eigenvalue weighted by Crippen LogP contribution is 2.23. The molecule has 3 rings (SSSR count). The van der Waals surface area contributed by atoms with E-state index in [0.29, 0.717) is 12.3 Å². The molecule has 0 fully saturated rings. The number of aromatic nitrogens is 2. The maximum atomic E-state index is 12.4. The number of halogens is 1. The second-order valence-corrected chi connectivity index (χ2v) is 6.84. The smallest absolute Gasteiger partial charge is 0.291 e. The Kier molecular flexibility index (Phi) is 5.18. The van der Waals surface area contributed by atoms with Gasteiger partial charge in [-0.1, -0.05) is 0 Å². The standard InChI is InChI=1S/C19H20BrN3O3/c1-11-9-14(25-4)5-7-16(11)21-19(24)17-8-6-15(26-17)10-23-13(3)18(20)12(2)22-23/h5-9H,10H2,1-4H3,(H,21,24). The van der Waals surface area contributed by atoms with E-state index in [-0.39, 0.29) is 11.7 Å². The molecule has 0 saturated carbocycles. The Morgan fingerprint density at radius 1 is 1.27 bits per heavy atom. The fourth-order valence-corrected chi connectivity index (χ4v) is 2.93. The number of carbonyl (C=O) groups is 1. The zero-order valence-electron chi connectivity index (χ0n) is 15.1. The van der Waals surface area contributed by atoms with Crippen molar-refractivity contribution in [1.29, 1.82) is 0 Å².